The number of rotatable bonds is 5. The summed E-state index contributed by atoms with van der Waals surface area (Å²) in [6.45, 7) is 4.53. The van der Waals surface area contributed by atoms with Gasteiger partial charge in [0, 0.05) is 33.7 Å². The van der Waals surface area contributed by atoms with E-state index in [-0.39, 0.29) is 18.7 Å². The smallest absolute Gasteiger partial charge is 0.253 e. The number of fused-ring (bicyclic) bond motifs is 1. The predicted molar refractivity (Wildman–Crippen MR) is 119 cm³/mol. The molecule has 0 aliphatic heterocycles. The zero-order chi connectivity index (χ0) is 20.3. The highest BCUT2D eigenvalue weighted by Crippen LogP contribution is 2.20. The number of nitrogens with zero attached hydrogens (tertiary/aromatic N) is 1. The normalized spacial score (nSPS) is 10.9. The molecule has 1 aromatic heterocycles. The quantitative estimate of drug-likeness (QED) is 0.550. The van der Waals surface area contributed by atoms with Crippen molar-refractivity contribution in [3.8, 4) is 0 Å². The summed E-state index contributed by atoms with van der Waals surface area (Å²) in [5.74, 6) is 0. The molecule has 7 heteroatoms. The Morgan fingerprint density at radius 2 is 2.04 bits per heavy atom. The maximum atomic E-state index is 12.6. The third-order valence-corrected chi connectivity index (χ3v) is 5.08. The Labute approximate surface area is 174 Å². The van der Waals surface area contributed by atoms with E-state index in [1.54, 1.807) is 17.0 Å². The van der Waals surface area contributed by atoms with Gasteiger partial charge >= 0.3 is 0 Å². The van der Waals surface area contributed by atoms with Crippen LogP contribution in [0.2, 0.25) is 5.02 Å². The molecule has 0 spiro atoms. The lowest BCUT2D eigenvalue weighted by molar-refractivity contribution is 0.248. The summed E-state index contributed by atoms with van der Waals surface area (Å²) in [6, 6.07) is 13.2. The average Bonchev–Trinajstić information content (AvgIpc) is 2.62. The lowest BCUT2D eigenvalue weighted by Crippen LogP contribution is -2.37. The number of aryl methyl sites for hydroxylation is 2. The van der Waals surface area contributed by atoms with E-state index in [9.17, 15) is 9.90 Å². The molecule has 3 aromatic rings. The summed E-state index contributed by atoms with van der Waals surface area (Å²) in [5, 5.41) is 14.6. The van der Waals surface area contributed by atoms with Crippen LogP contribution >= 0.6 is 23.8 Å². The topological polar surface area (TPSA) is 68.4 Å². The molecule has 0 aliphatic rings. The largest absolute Gasteiger partial charge is 0.395 e. The number of hydrogen-bond acceptors (Lipinski definition) is 3. The number of anilines is 1. The minimum Gasteiger partial charge on any atom is -0.395 e. The van der Waals surface area contributed by atoms with E-state index in [1.165, 1.54) is 0 Å². The predicted octanol–water partition coefficient (Wildman–Crippen LogP) is 3.99. The molecular formula is C21H22ClN3O2S. The number of aliphatic hydroxyl groups is 1. The second-order valence-corrected chi connectivity index (χ2v) is 7.58. The number of hydrogen-bond donors (Lipinski definition) is 3. The molecule has 0 atom stereocenters. The van der Waals surface area contributed by atoms with E-state index in [2.05, 4.69) is 16.4 Å². The van der Waals surface area contributed by atoms with Crippen molar-refractivity contribution in [2.45, 2.75) is 20.4 Å². The van der Waals surface area contributed by atoms with Crippen LogP contribution in [-0.2, 0) is 6.54 Å². The van der Waals surface area contributed by atoms with Crippen LogP contribution in [0.3, 0.4) is 0 Å². The number of pyridine rings is 1. The first-order chi connectivity index (χ1) is 13.4. The van der Waals surface area contributed by atoms with Crippen molar-refractivity contribution in [3.63, 3.8) is 0 Å². The zero-order valence-corrected chi connectivity index (χ0v) is 17.3. The fraction of sp³-hybridized carbons (Fsp3) is 0.238. The number of nitrogens with one attached hydrogen (secondary N) is 2. The number of thiocarbonyl (C=S) groups is 1. The Balaban J connectivity index is 1.88. The van der Waals surface area contributed by atoms with E-state index < -0.39 is 0 Å². The van der Waals surface area contributed by atoms with Gasteiger partial charge in [0.2, 0.25) is 0 Å². The fourth-order valence-corrected chi connectivity index (χ4v) is 3.65. The highest BCUT2D eigenvalue weighted by Gasteiger charge is 2.14. The van der Waals surface area contributed by atoms with Crippen molar-refractivity contribution in [2.24, 2.45) is 0 Å². The van der Waals surface area contributed by atoms with Gasteiger partial charge < -0.3 is 20.3 Å². The Morgan fingerprint density at radius 3 is 2.75 bits per heavy atom. The molecule has 0 amide bonds. The molecular weight excluding hydrogens is 394 g/mol. The van der Waals surface area contributed by atoms with Gasteiger partial charge in [0.1, 0.15) is 0 Å². The molecule has 3 N–H and O–H groups in total. The molecule has 0 bridgehead atoms. The molecule has 0 saturated heterocycles. The molecule has 0 aliphatic carbocycles. The van der Waals surface area contributed by atoms with Crippen LogP contribution in [0.4, 0.5) is 5.69 Å². The van der Waals surface area contributed by atoms with Crippen LogP contribution in [0.1, 0.15) is 16.7 Å². The maximum Gasteiger partial charge on any atom is 0.253 e. The number of aliphatic hydroxyl groups excluding tert-OH is 1. The molecule has 0 radical (unpaired) electrons. The standard InChI is InChI=1S/C21H22ClN3O2S/c1-13-8-14(2)18-10-15(20(27)24-19(18)9-13)12-25(6-7-26)21(28)23-17-5-3-4-16(22)11-17/h3-5,8-11,26H,6-7,12H2,1-2H3,(H,23,28)(H,24,27). The van der Waals surface area contributed by atoms with Gasteiger partial charge in [-0.2, -0.15) is 0 Å². The molecule has 0 saturated carbocycles. The molecule has 0 fully saturated rings. The van der Waals surface area contributed by atoms with E-state index >= 15 is 0 Å². The first kappa shape index (κ1) is 20.3. The van der Waals surface area contributed by atoms with Crippen LogP contribution in [0.5, 0.6) is 0 Å². The van der Waals surface area contributed by atoms with Crippen molar-refractivity contribution in [1.29, 1.82) is 0 Å². The van der Waals surface area contributed by atoms with E-state index in [4.69, 9.17) is 23.8 Å². The van der Waals surface area contributed by atoms with Gasteiger partial charge in [0.25, 0.3) is 5.56 Å². The Morgan fingerprint density at radius 1 is 1.25 bits per heavy atom. The van der Waals surface area contributed by atoms with Crippen LogP contribution in [0, 0.1) is 13.8 Å². The average molecular weight is 416 g/mol. The van der Waals surface area contributed by atoms with Crippen molar-refractivity contribution < 1.29 is 5.11 Å². The number of aromatic amines is 1. The number of halogens is 1. The molecule has 5 nitrogen and oxygen atoms in total. The first-order valence-electron chi connectivity index (χ1n) is 8.93. The van der Waals surface area contributed by atoms with E-state index in [0.29, 0.717) is 22.2 Å². The van der Waals surface area contributed by atoms with Crippen molar-refractivity contribution >= 4 is 45.5 Å². The molecule has 146 valence electrons. The Bertz CT molecular complexity index is 1080. The molecule has 1 heterocycles. The Hall–Kier alpha value is -2.41. The van der Waals surface area contributed by atoms with Gasteiger partial charge in [-0.05, 0) is 67.5 Å². The van der Waals surface area contributed by atoms with Gasteiger partial charge in [-0.25, -0.2) is 0 Å². The van der Waals surface area contributed by atoms with E-state index in [1.807, 2.05) is 38.1 Å². The van der Waals surface area contributed by atoms with Crippen LogP contribution in [0.15, 0.2) is 47.3 Å². The number of aromatic nitrogens is 1. The third-order valence-electron chi connectivity index (χ3n) is 4.48. The summed E-state index contributed by atoms with van der Waals surface area (Å²) >= 11 is 11.5. The highest BCUT2D eigenvalue weighted by atomic mass is 35.5. The third kappa shape index (κ3) is 4.70. The lowest BCUT2D eigenvalue weighted by atomic mass is 10.0. The van der Waals surface area contributed by atoms with Gasteiger partial charge in [-0.15, -0.1) is 0 Å². The summed E-state index contributed by atoms with van der Waals surface area (Å²) < 4.78 is 0. The van der Waals surface area contributed by atoms with Gasteiger partial charge in [-0.3, -0.25) is 4.79 Å². The minimum absolute atomic E-state index is 0.0823. The monoisotopic (exact) mass is 415 g/mol. The molecule has 28 heavy (non-hydrogen) atoms. The van der Waals surface area contributed by atoms with E-state index in [0.717, 1.165) is 27.7 Å². The second kappa shape index (κ2) is 8.73. The zero-order valence-electron chi connectivity index (χ0n) is 15.8. The SMILES string of the molecule is Cc1cc(C)c2cc(CN(CCO)C(=S)Nc3cccc(Cl)c3)c(=O)[nH]c2c1. The van der Waals surface area contributed by atoms with Crippen LogP contribution < -0.4 is 10.9 Å². The number of benzene rings is 2. The Kier molecular flexibility index (Phi) is 6.34. The van der Waals surface area contributed by atoms with Crippen LogP contribution in [0.25, 0.3) is 10.9 Å². The molecule has 2 aromatic carbocycles. The summed E-state index contributed by atoms with van der Waals surface area (Å²) in [6.07, 6.45) is 0. The lowest BCUT2D eigenvalue weighted by Gasteiger charge is -2.25. The highest BCUT2D eigenvalue weighted by molar-refractivity contribution is 7.80. The maximum absolute atomic E-state index is 12.6. The number of H-pyrrole nitrogens is 1. The van der Waals surface area contributed by atoms with Gasteiger partial charge in [0.05, 0.1) is 13.2 Å². The van der Waals surface area contributed by atoms with Gasteiger partial charge in [0.15, 0.2) is 5.11 Å². The van der Waals surface area contributed by atoms with Crippen molar-refractivity contribution in [3.05, 3.63) is 74.5 Å². The second-order valence-electron chi connectivity index (χ2n) is 6.75. The van der Waals surface area contributed by atoms with Gasteiger partial charge in [-0.1, -0.05) is 23.7 Å². The first-order valence-corrected chi connectivity index (χ1v) is 9.71. The van der Waals surface area contributed by atoms with Crippen molar-refractivity contribution in [2.75, 3.05) is 18.5 Å². The molecule has 3 rings (SSSR count). The minimum atomic E-state index is -0.161. The van der Waals surface area contributed by atoms with Crippen LogP contribution in [-0.4, -0.2) is 33.3 Å². The fourth-order valence-electron chi connectivity index (χ4n) is 3.18. The molecule has 0 unspecified atom stereocenters. The summed E-state index contributed by atoms with van der Waals surface area (Å²) in [4.78, 5) is 17.3. The van der Waals surface area contributed by atoms with Crippen molar-refractivity contribution in [1.82, 2.24) is 9.88 Å². The summed E-state index contributed by atoms with van der Waals surface area (Å²) in [7, 11) is 0. The summed E-state index contributed by atoms with van der Waals surface area (Å²) in [5.41, 5.74) is 4.19.